The molecule has 1 heterocycles. The third-order valence-electron chi connectivity index (χ3n) is 4.42. The Balaban J connectivity index is 2.12. The minimum atomic E-state index is -0.475. The SMILES string of the molecule is [c]1cn(C(c2ccccc2)(c2ccccc2)c2ccccc2)cn1. The van der Waals surface area contributed by atoms with Crippen LogP contribution in [0.1, 0.15) is 16.7 Å². The van der Waals surface area contributed by atoms with E-state index in [4.69, 9.17) is 0 Å². The monoisotopic (exact) mass is 309 g/mol. The van der Waals surface area contributed by atoms with Crippen molar-refractivity contribution in [2.75, 3.05) is 0 Å². The summed E-state index contributed by atoms with van der Waals surface area (Å²) in [6.45, 7) is 0. The molecule has 2 nitrogen and oxygen atoms in total. The molecule has 4 rings (SSSR count). The molecule has 0 atom stereocenters. The van der Waals surface area contributed by atoms with E-state index in [1.54, 1.807) is 0 Å². The molecule has 0 saturated heterocycles. The van der Waals surface area contributed by atoms with E-state index in [0.717, 1.165) is 0 Å². The van der Waals surface area contributed by atoms with Crippen molar-refractivity contribution in [1.82, 2.24) is 9.55 Å². The fraction of sp³-hybridized carbons (Fsp3) is 0.0455. The molecular weight excluding hydrogens is 292 g/mol. The maximum Gasteiger partial charge on any atom is 0.121 e. The fourth-order valence-electron chi connectivity index (χ4n) is 3.39. The van der Waals surface area contributed by atoms with E-state index in [2.05, 4.69) is 88.5 Å². The lowest BCUT2D eigenvalue weighted by Crippen LogP contribution is -2.36. The van der Waals surface area contributed by atoms with Gasteiger partial charge in [-0.2, -0.15) is 0 Å². The molecule has 0 aliphatic carbocycles. The van der Waals surface area contributed by atoms with Crippen molar-refractivity contribution in [3.05, 3.63) is 126 Å². The zero-order chi connectivity index (χ0) is 16.2. The molecule has 4 aromatic rings. The van der Waals surface area contributed by atoms with Crippen LogP contribution in [-0.2, 0) is 5.54 Å². The van der Waals surface area contributed by atoms with Crippen LogP contribution < -0.4 is 0 Å². The Morgan fingerprint density at radius 2 is 1.04 bits per heavy atom. The maximum absolute atomic E-state index is 4.20. The molecule has 115 valence electrons. The first-order valence-corrected chi connectivity index (χ1v) is 7.99. The molecule has 0 N–H and O–H groups in total. The molecule has 2 heteroatoms. The van der Waals surface area contributed by atoms with Gasteiger partial charge in [0.25, 0.3) is 0 Å². The molecule has 0 aliphatic rings. The molecule has 0 amide bonds. The number of aromatic nitrogens is 2. The highest BCUT2D eigenvalue weighted by Gasteiger charge is 2.37. The van der Waals surface area contributed by atoms with Gasteiger partial charge in [0.2, 0.25) is 0 Å². The van der Waals surface area contributed by atoms with Gasteiger partial charge in [-0.15, -0.1) is 0 Å². The number of benzene rings is 3. The zero-order valence-electron chi connectivity index (χ0n) is 13.2. The Morgan fingerprint density at radius 3 is 1.38 bits per heavy atom. The molecule has 1 radical (unpaired) electrons. The van der Waals surface area contributed by atoms with E-state index in [9.17, 15) is 0 Å². The summed E-state index contributed by atoms with van der Waals surface area (Å²) < 4.78 is 2.13. The second-order valence-corrected chi connectivity index (χ2v) is 5.72. The lowest BCUT2D eigenvalue weighted by molar-refractivity contribution is 0.514. The van der Waals surface area contributed by atoms with Crippen LogP contribution in [0.25, 0.3) is 0 Å². The zero-order valence-corrected chi connectivity index (χ0v) is 13.2. The standard InChI is InChI=1S/C22H17N2/c1-4-10-19(11-5-1)22(24-17-16-23-18-24,20-12-6-2-7-13-20)21-14-8-3-9-15-21/h1-15,17-18H. The predicted molar refractivity (Wildman–Crippen MR) is 95.7 cm³/mol. The van der Waals surface area contributed by atoms with Crippen molar-refractivity contribution in [3.63, 3.8) is 0 Å². The molecule has 24 heavy (non-hydrogen) atoms. The summed E-state index contributed by atoms with van der Waals surface area (Å²) in [7, 11) is 0. The molecule has 0 unspecified atom stereocenters. The van der Waals surface area contributed by atoms with E-state index in [1.807, 2.05) is 30.7 Å². The van der Waals surface area contributed by atoms with Crippen LogP contribution >= 0.6 is 0 Å². The topological polar surface area (TPSA) is 17.8 Å². The minimum absolute atomic E-state index is 0.475. The quantitative estimate of drug-likeness (QED) is 0.507. The van der Waals surface area contributed by atoms with Crippen LogP contribution in [0.2, 0.25) is 0 Å². The summed E-state index contributed by atoms with van der Waals surface area (Å²) in [5, 5.41) is 0. The van der Waals surface area contributed by atoms with Gasteiger partial charge in [-0.05, 0) is 16.7 Å². The Morgan fingerprint density at radius 1 is 0.625 bits per heavy atom. The van der Waals surface area contributed by atoms with E-state index < -0.39 is 5.54 Å². The third kappa shape index (κ3) is 2.24. The average molecular weight is 309 g/mol. The van der Waals surface area contributed by atoms with Crippen molar-refractivity contribution in [1.29, 1.82) is 0 Å². The Kier molecular flexibility index (Phi) is 3.72. The van der Waals surface area contributed by atoms with Gasteiger partial charge in [-0.25, -0.2) is 4.98 Å². The van der Waals surface area contributed by atoms with Crippen molar-refractivity contribution in [2.45, 2.75) is 5.54 Å². The smallest absolute Gasteiger partial charge is 0.121 e. The van der Waals surface area contributed by atoms with E-state index >= 15 is 0 Å². The first-order chi connectivity index (χ1) is 11.9. The van der Waals surface area contributed by atoms with Crippen LogP contribution in [0, 0.1) is 6.20 Å². The number of rotatable bonds is 4. The van der Waals surface area contributed by atoms with Crippen molar-refractivity contribution in [2.24, 2.45) is 0 Å². The summed E-state index contributed by atoms with van der Waals surface area (Å²) in [5.41, 5.74) is 3.09. The largest absolute Gasteiger partial charge is 0.318 e. The maximum atomic E-state index is 4.20. The van der Waals surface area contributed by atoms with Crippen LogP contribution in [0.5, 0.6) is 0 Å². The third-order valence-corrected chi connectivity index (χ3v) is 4.42. The second-order valence-electron chi connectivity index (χ2n) is 5.72. The Hall–Kier alpha value is -3.13. The summed E-state index contributed by atoms with van der Waals surface area (Å²) in [6.07, 6.45) is 6.71. The molecule has 0 saturated carbocycles. The molecule has 0 spiro atoms. The van der Waals surface area contributed by atoms with E-state index in [0.29, 0.717) is 0 Å². The van der Waals surface area contributed by atoms with E-state index in [-0.39, 0.29) is 0 Å². The highest BCUT2D eigenvalue weighted by molar-refractivity contribution is 5.50. The lowest BCUT2D eigenvalue weighted by atomic mass is 9.77. The van der Waals surface area contributed by atoms with Gasteiger partial charge in [0.05, 0.1) is 6.33 Å². The molecule has 0 bridgehead atoms. The Labute approximate surface area is 142 Å². The molecule has 0 fully saturated rings. The van der Waals surface area contributed by atoms with Gasteiger partial charge in [0, 0.05) is 6.20 Å². The van der Waals surface area contributed by atoms with Crippen molar-refractivity contribution >= 4 is 0 Å². The molecule has 1 aromatic heterocycles. The van der Waals surface area contributed by atoms with Crippen molar-refractivity contribution in [3.8, 4) is 0 Å². The highest BCUT2D eigenvalue weighted by Crippen LogP contribution is 2.40. The van der Waals surface area contributed by atoms with Gasteiger partial charge in [0.15, 0.2) is 0 Å². The van der Waals surface area contributed by atoms with Gasteiger partial charge >= 0.3 is 0 Å². The normalized spacial score (nSPS) is 11.3. The van der Waals surface area contributed by atoms with Crippen LogP contribution in [0.15, 0.2) is 104 Å². The number of nitrogens with zero attached hydrogens (tertiary/aromatic N) is 2. The predicted octanol–water partition coefficient (Wildman–Crippen LogP) is 4.52. The number of hydrogen-bond donors (Lipinski definition) is 0. The number of imidazole rings is 1. The average Bonchev–Trinajstić information content (AvgIpc) is 3.20. The molecule has 0 aliphatic heterocycles. The van der Waals surface area contributed by atoms with Gasteiger partial charge < -0.3 is 4.57 Å². The molecule has 3 aromatic carbocycles. The highest BCUT2D eigenvalue weighted by atomic mass is 15.1. The summed E-state index contributed by atoms with van der Waals surface area (Å²) in [6, 6.07) is 31.6. The number of hydrogen-bond acceptors (Lipinski definition) is 1. The summed E-state index contributed by atoms with van der Waals surface area (Å²) in [5.74, 6) is 0. The van der Waals surface area contributed by atoms with Gasteiger partial charge in [-0.1, -0.05) is 91.0 Å². The first-order valence-electron chi connectivity index (χ1n) is 7.99. The second kappa shape index (κ2) is 6.17. The first kappa shape index (κ1) is 14.5. The van der Waals surface area contributed by atoms with Gasteiger partial charge in [0.1, 0.15) is 11.7 Å². The molecular formula is C22H17N2. The van der Waals surface area contributed by atoms with Gasteiger partial charge in [-0.3, -0.25) is 0 Å². The van der Waals surface area contributed by atoms with Crippen molar-refractivity contribution < 1.29 is 0 Å². The van der Waals surface area contributed by atoms with Crippen LogP contribution in [0.3, 0.4) is 0 Å². The summed E-state index contributed by atoms with van der Waals surface area (Å²) in [4.78, 5) is 4.20. The minimum Gasteiger partial charge on any atom is -0.318 e. The lowest BCUT2D eigenvalue weighted by Gasteiger charge is -2.37. The van der Waals surface area contributed by atoms with E-state index in [1.165, 1.54) is 16.7 Å². The fourth-order valence-corrected chi connectivity index (χ4v) is 3.39. The van der Waals surface area contributed by atoms with Crippen LogP contribution in [-0.4, -0.2) is 9.55 Å². The summed E-state index contributed by atoms with van der Waals surface area (Å²) >= 11 is 0. The van der Waals surface area contributed by atoms with Crippen LogP contribution in [0.4, 0.5) is 0 Å². The Bertz CT molecular complexity index is 786.